The van der Waals surface area contributed by atoms with E-state index in [1.165, 1.54) is 5.56 Å². The number of aromatic nitrogens is 3. The predicted molar refractivity (Wildman–Crippen MR) is 91.7 cm³/mol. The highest BCUT2D eigenvalue weighted by Gasteiger charge is 2.11. The van der Waals surface area contributed by atoms with E-state index in [1.807, 2.05) is 17.2 Å². The predicted octanol–water partition coefficient (Wildman–Crippen LogP) is 4.03. The molecule has 1 aromatic carbocycles. The van der Waals surface area contributed by atoms with Crippen molar-refractivity contribution in [3.8, 4) is 0 Å². The first kappa shape index (κ1) is 14.3. The summed E-state index contributed by atoms with van der Waals surface area (Å²) in [4.78, 5) is 8.99. The first-order chi connectivity index (χ1) is 10.1. The highest BCUT2D eigenvalue weighted by Crippen LogP contribution is 2.26. The summed E-state index contributed by atoms with van der Waals surface area (Å²) in [5.74, 6) is 0.477. The molecule has 0 spiro atoms. The molecule has 5 heteroatoms. The first-order valence-corrected chi connectivity index (χ1v) is 8.30. The van der Waals surface area contributed by atoms with Crippen LogP contribution in [-0.4, -0.2) is 26.0 Å². The van der Waals surface area contributed by atoms with Crippen molar-refractivity contribution >= 4 is 37.9 Å². The molecule has 1 unspecified atom stereocenters. The molecular formula is C16H19BrN4. The summed E-state index contributed by atoms with van der Waals surface area (Å²) in [6, 6.07) is 6.85. The second-order valence-electron chi connectivity index (χ2n) is 5.72. The Morgan fingerprint density at radius 3 is 2.71 bits per heavy atom. The van der Waals surface area contributed by atoms with Crippen molar-refractivity contribution in [3.05, 3.63) is 36.3 Å². The second-order valence-corrected chi connectivity index (χ2v) is 6.37. The number of rotatable bonds is 4. The first-order valence-electron chi connectivity index (χ1n) is 7.18. The Bertz CT molecular complexity index is 778. The quantitative estimate of drug-likeness (QED) is 0.725. The number of pyridine rings is 1. The minimum Gasteiger partial charge on any atom is -0.322 e. The molecule has 4 nitrogen and oxygen atoms in total. The lowest BCUT2D eigenvalue weighted by Crippen LogP contribution is -2.21. The fourth-order valence-corrected chi connectivity index (χ4v) is 2.86. The minimum absolute atomic E-state index is 0.346. The van der Waals surface area contributed by atoms with Crippen LogP contribution < -0.4 is 5.43 Å². The van der Waals surface area contributed by atoms with Gasteiger partial charge in [-0.2, -0.15) is 0 Å². The lowest BCUT2D eigenvalue weighted by atomic mass is 10.0. The molecule has 0 amide bonds. The summed E-state index contributed by atoms with van der Waals surface area (Å²) in [6.07, 6.45) is 3.67. The van der Waals surface area contributed by atoms with E-state index >= 15 is 0 Å². The van der Waals surface area contributed by atoms with Crippen LogP contribution in [0.5, 0.6) is 0 Å². The van der Waals surface area contributed by atoms with E-state index in [9.17, 15) is 0 Å². The highest BCUT2D eigenvalue weighted by molar-refractivity contribution is 9.09. The zero-order valence-corrected chi connectivity index (χ0v) is 14.1. The molecule has 2 aromatic heterocycles. The van der Waals surface area contributed by atoms with E-state index < -0.39 is 0 Å². The molecule has 3 rings (SSSR count). The van der Waals surface area contributed by atoms with E-state index in [1.54, 1.807) is 0 Å². The smallest absolute Gasteiger partial charge is 0.115 e. The van der Waals surface area contributed by atoms with Crippen LogP contribution in [0.3, 0.4) is 0 Å². The maximum absolute atomic E-state index is 4.56. The van der Waals surface area contributed by atoms with Crippen LogP contribution in [0.2, 0.25) is 0 Å². The van der Waals surface area contributed by atoms with Gasteiger partial charge in [0, 0.05) is 16.8 Å². The van der Waals surface area contributed by atoms with Crippen LogP contribution in [0.25, 0.3) is 21.9 Å². The third-order valence-electron chi connectivity index (χ3n) is 3.60. The molecule has 21 heavy (non-hydrogen) atoms. The summed E-state index contributed by atoms with van der Waals surface area (Å²) in [7, 11) is 0. The Kier molecular flexibility index (Phi) is 3.85. The largest absolute Gasteiger partial charge is 0.322 e. The molecular weight excluding hydrogens is 328 g/mol. The van der Waals surface area contributed by atoms with Gasteiger partial charge in [0.2, 0.25) is 0 Å². The van der Waals surface area contributed by atoms with Gasteiger partial charge in [0.1, 0.15) is 17.4 Å². The van der Waals surface area contributed by atoms with Crippen LogP contribution in [-0.2, 0) is 0 Å². The minimum atomic E-state index is 0.346. The summed E-state index contributed by atoms with van der Waals surface area (Å²) in [5, 5.41) is 2.08. The van der Waals surface area contributed by atoms with Crippen LogP contribution in [0.4, 0.5) is 0 Å². The molecule has 0 fully saturated rings. The van der Waals surface area contributed by atoms with Gasteiger partial charge in [-0.15, -0.1) is 0 Å². The summed E-state index contributed by atoms with van der Waals surface area (Å²) in [6.45, 7) is 6.44. The Hall–Kier alpha value is -1.62. The molecule has 0 bridgehead atoms. The van der Waals surface area contributed by atoms with Crippen molar-refractivity contribution < 1.29 is 0 Å². The normalized spacial score (nSPS) is 13.2. The Morgan fingerprint density at radius 1 is 1.19 bits per heavy atom. The number of benzene rings is 1. The van der Waals surface area contributed by atoms with Gasteiger partial charge in [-0.3, -0.25) is 4.98 Å². The van der Waals surface area contributed by atoms with E-state index in [2.05, 4.69) is 70.3 Å². The van der Waals surface area contributed by atoms with Gasteiger partial charge < -0.3 is 5.43 Å². The zero-order valence-electron chi connectivity index (χ0n) is 12.5. The van der Waals surface area contributed by atoms with Crippen molar-refractivity contribution in [2.75, 3.05) is 10.8 Å². The molecule has 0 saturated carbocycles. The second kappa shape index (κ2) is 5.64. The highest BCUT2D eigenvalue weighted by atomic mass is 79.9. The molecule has 3 aromatic rings. The Morgan fingerprint density at radius 2 is 2.00 bits per heavy atom. The molecule has 1 atom stereocenters. The van der Waals surface area contributed by atoms with Crippen LogP contribution in [0.1, 0.15) is 32.3 Å². The number of fused-ring (bicyclic) bond motifs is 3. The number of imidazole rings is 1. The van der Waals surface area contributed by atoms with Crippen LogP contribution >= 0.6 is 15.9 Å². The van der Waals surface area contributed by atoms with Crippen molar-refractivity contribution in [2.24, 2.45) is 0 Å². The number of hydrogen-bond donors (Lipinski definition) is 1. The number of halogens is 1. The molecule has 0 saturated heterocycles. The number of nitrogens with zero attached hydrogens (tertiary/aromatic N) is 3. The summed E-state index contributed by atoms with van der Waals surface area (Å²) >= 11 is 3.54. The van der Waals surface area contributed by atoms with E-state index in [-0.39, 0.29) is 0 Å². The van der Waals surface area contributed by atoms with Crippen molar-refractivity contribution in [2.45, 2.75) is 32.7 Å². The van der Waals surface area contributed by atoms with Crippen LogP contribution in [0.15, 0.2) is 30.7 Å². The third kappa shape index (κ3) is 2.62. The molecule has 110 valence electrons. The summed E-state index contributed by atoms with van der Waals surface area (Å²) in [5.41, 5.74) is 7.70. The van der Waals surface area contributed by atoms with Gasteiger partial charge in [-0.25, -0.2) is 9.66 Å². The van der Waals surface area contributed by atoms with Gasteiger partial charge in [0.25, 0.3) is 0 Å². The van der Waals surface area contributed by atoms with Crippen molar-refractivity contribution in [3.63, 3.8) is 0 Å². The van der Waals surface area contributed by atoms with E-state index in [0.29, 0.717) is 12.0 Å². The van der Waals surface area contributed by atoms with E-state index in [4.69, 9.17) is 0 Å². The average molecular weight is 347 g/mol. The van der Waals surface area contributed by atoms with Crippen molar-refractivity contribution in [1.29, 1.82) is 0 Å². The maximum atomic E-state index is 4.56. The molecule has 0 aliphatic heterocycles. The molecule has 2 heterocycles. The third-order valence-corrected chi connectivity index (χ3v) is 4.57. The van der Waals surface area contributed by atoms with Crippen LogP contribution in [0, 0.1) is 0 Å². The lowest BCUT2D eigenvalue weighted by molar-refractivity contribution is 0.751. The number of hydrogen-bond acceptors (Lipinski definition) is 3. The van der Waals surface area contributed by atoms with Gasteiger partial charge in [0.05, 0.1) is 11.7 Å². The maximum Gasteiger partial charge on any atom is 0.115 e. The standard InChI is InChI=1S/C16H19BrN4/c1-10(2)20-21-9-19-15-8-18-14-6-12(11(3)7-17)4-5-13(14)16(15)21/h4-6,8-11,20H,7H2,1-3H3. The van der Waals surface area contributed by atoms with E-state index in [0.717, 1.165) is 27.3 Å². The van der Waals surface area contributed by atoms with Gasteiger partial charge >= 0.3 is 0 Å². The molecule has 0 aliphatic rings. The van der Waals surface area contributed by atoms with Crippen molar-refractivity contribution in [1.82, 2.24) is 14.6 Å². The molecule has 0 radical (unpaired) electrons. The molecule has 0 aliphatic carbocycles. The summed E-state index contributed by atoms with van der Waals surface area (Å²) < 4.78 is 2.00. The number of alkyl halides is 1. The van der Waals surface area contributed by atoms with Gasteiger partial charge in [0.15, 0.2) is 0 Å². The Balaban J connectivity index is 2.20. The average Bonchev–Trinajstić information content (AvgIpc) is 2.88. The Labute approximate surface area is 132 Å². The fraction of sp³-hybridized carbons (Fsp3) is 0.375. The zero-order chi connectivity index (χ0) is 15.0. The fourth-order valence-electron chi connectivity index (χ4n) is 2.48. The topological polar surface area (TPSA) is 42.7 Å². The monoisotopic (exact) mass is 346 g/mol. The SMILES string of the molecule is CC(C)Nn1cnc2cnc3cc(C(C)CBr)ccc3c21. The molecule has 1 N–H and O–H groups in total. The van der Waals surface area contributed by atoms with Gasteiger partial charge in [-0.1, -0.05) is 35.0 Å². The van der Waals surface area contributed by atoms with Gasteiger partial charge in [-0.05, 0) is 31.4 Å². The lowest BCUT2D eigenvalue weighted by Gasteiger charge is -2.13. The number of nitrogens with one attached hydrogen (secondary N) is 1.